The van der Waals surface area contributed by atoms with Gasteiger partial charge in [-0.25, -0.2) is 13.7 Å². The van der Waals surface area contributed by atoms with Gasteiger partial charge < -0.3 is 9.47 Å². The van der Waals surface area contributed by atoms with Crippen molar-refractivity contribution in [3.05, 3.63) is 90.5 Å². The lowest BCUT2D eigenvalue weighted by Crippen LogP contribution is -2.07. The van der Waals surface area contributed by atoms with E-state index in [0.29, 0.717) is 22.5 Å². The van der Waals surface area contributed by atoms with Crippen LogP contribution >= 0.6 is 23.8 Å². The Balaban J connectivity index is 1.59. The number of methoxy groups -OCH3 is 1. The first-order valence-electron chi connectivity index (χ1n) is 11.2. The molecule has 0 radical (unpaired) electrons. The molecule has 0 fully saturated rings. The molecule has 40 heavy (non-hydrogen) atoms. The van der Waals surface area contributed by atoms with E-state index < -0.39 is 29.7 Å². The zero-order valence-electron chi connectivity index (χ0n) is 20.9. The SMILES string of the molecule is COc1ccc(Sc2ccc(Oc3ccc(S(=O)(=O)c4ccc(C)c(SOOO)c4)cc3S(=O)(=O)O)cc2)cc1. The first-order chi connectivity index (χ1) is 19.0. The summed E-state index contributed by atoms with van der Waals surface area (Å²) in [4.78, 5) is 0.913. The monoisotopic (exact) mass is 622 g/mol. The third-order valence-electron chi connectivity index (χ3n) is 5.47. The lowest BCUT2D eigenvalue weighted by atomic mass is 10.2. The third-order valence-corrected chi connectivity index (χ3v) is 9.86. The quantitative estimate of drug-likeness (QED) is 0.0820. The van der Waals surface area contributed by atoms with E-state index in [1.807, 2.05) is 24.3 Å². The van der Waals surface area contributed by atoms with Gasteiger partial charge in [0, 0.05) is 14.7 Å². The van der Waals surface area contributed by atoms with Crippen molar-refractivity contribution in [2.45, 2.75) is 36.3 Å². The van der Waals surface area contributed by atoms with Crippen molar-refractivity contribution < 1.29 is 45.5 Å². The van der Waals surface area contributed by atoms with Crippen LogP contribution in [-0.2, 0) is 29.3 Å². The first-order valence-corrected chi connectivity index (χ1v) is 15.7. The molecule has 0 amide bonds. The van der Waals surface area contributed by atoms with E-state index in [0.717, 1.165) is 27.7 Å². The van der Waals surface area contributed by atoms with E-state index in [9.17, 15) is 21.4 Å². The minimum absolute atomic E-state index is 0.179. The highest BCUT2D eigenvalue weighted by atomic mass is 32.2. The van der Waals surface area contributed by atoms with Crippen LogP contribution in [0, 0.1) is 6.92 Å². The minimum Gasteiger partial charge on any atom is -0.497 e. The molecular formula is C26H22O10S4. The molecule has 0 aliphatic heterocycles. The van der Waals surface area contributed by atoms with Gasteiger partial charge in [0.1, 0.15) is 22.1 Å². The van der Waals surface area contributed by atoms with E-state index in [4.69, 9.17) is 14.7 Å². The Bertz CT molecular complexity index is 1700. The van der Waals surface area contributed by atoms with E-state index in [2.05, 4.69) is 9.37 Å². The molecule has 10 nitrogen and oxygen atoms in total. The van der Waals surface area contributed by atoms with E-state index in [-0.39, 0.29) is 16.4 Å². The standard InChI is InChI=1S/C26H22O10S4/c1-17-3-12-22(15-25(17)38-36-35-27)39(28,29)23-13-14-24(26(16-23)40(30,31)32)34-19-6-10-21(11-7-19)37-20-8-4-18(33-2)5-9-20/h3-16,27H,1-2H3,(H,30,31,32). The molecular weight excluding hydrogens is 601 g/mol. The normalized spacial score (nSPS) is 11.8. The number of rotatable bonds is 11. The van der Waals surface area contributed by atoms with Gasteiger partial charge in [0.15, 0.2) is 0 Å². The molecule has 0 aliphatic carbocycles. The molecule has 0 saturated heterocycles. The highest BCUT2D eigenvalue weighted by Crippen LogP contribution is 2.36. The molecule has 0 atom stereocenters. The molecule has 0 spiro atoms. The molecule has 2 N–H and O–H groups in total. The summed E-state index contributed by atoms with van der Waals surface area (Å²) in [6.45, 7) is 1.69. The van der Waals surface area contributed by atoms with E-state index in [1.165, 1.54) is 36.0 Å². The van der Waals surface area contributed by atoms with Crippen molar-refractivity contribution in [3.63, 3.8) is 0 Å². The van der Waals surface area contributed by atoms with Gasteiger partial charge in [-0.2, -0.15) is 8.42 Å². The van der Waals surface area contributed by atoms with Gasteiger partial charge in [0.25, 0.3) is 10.1 Å². The van der Waals surface area contributed by atoms with Crippen LogP contribution < -0.4 is 9.47 Å². The zero-order chi connectivity index (χ0) is 28.9. The van der Waals surface area contributed by atoms with E-state index >= 15 is 0 Å². The number of aryl methyl sites for hydroxylation is 1. The van der Waals surface area contributed by atoms with Crippen LogP contribution in [0.4, 0.5) is 0 Å². The molecule has 210 valence electrons. The number of ether oxygens (including phenoxy) is 2. The van der Waals surface area contributed by atoms with E-state index in [1.54, 1.807) is 38.3 Å². The molecule has 4 aromatic rings. The van der Waals surface area contributed by atoms with Gasteiger partial charge in [-0.05, 0) is 91.3 Å². The topological polar surface area (TPSA) is 146 Å². The number of benzene rings is 4. The molecule has 0 heterocycles. The van der Waals surface area contributed by atoms with Gasteiger partial charge in [0.2, 0.25) is 9.84 Å². The number of hydrogen-bond donors (Lipinski definition) is 2. The third kappa shape index (κ3) is 7.16. The van der Waals surface area contributed by atoms with Gasteiger partial charge in [-0.3, -0.25) is 4.55 Å². The van der Waals surface area contributed by atoms with Crippen LogP contribution in [0.2, 0.25) is 0 Å². The second-order valence-electron chi connectivity index (χ2n) is 8.09. The Morgan fingerprint density at radius 1 is 0.750 bits per heavy atom. The molecule has 4 rings (SSSR count). The first kappa shape index (κ1) is 29.9. The summed E-state index contributed by atoms with van der Waals surface area (Å²) < 4.78 is 76.1. The summed E-state index contributed by atoms with van der Waals surface area (Å²) in [5.41, 5.74) is 0.636. The maximum atomic E-state index is 13.3. The van der Waals surface area contributed by atoms with Crippen molar-refractivity contribution in [1.29, 1.82) is 0 Å². The summed E-state index contributed by atoms with van der Waals surface area (Å²) in [6.07, 6.45) is 0. The van der Waals surface area contributed by atoms with Gasteiger partial charge in [0.05, 0.1) is 28.9 Å². The predicted molar refractivity (Wildman–Crippen MR) is 147 cm³/mol. The average Bonchev–Trinajstić information content (AvgIpc) is 2.93. The van der Waals surface area contributed by atoms with Crippen molar-refractivity contribution in [1.82, 2.24) is 0 Å². The summed E-state index contributed by atoms with van der Waals surface area (Å²) in [6, 6.07) is 21.6. The molecule has 0 unspecified atom stereocenters. The summed E-state index contributed by atoms with van der Waals surface area (Å²) in [7, 11) is -7.51. The van der Waals surface area contributed by atoms with Gasteiger partial charge in [-0.15, -0.1) is 4.33 Å². The second kappa shape index (κ2) is 12.6. The van der Waals surface area contributed by atoms with Crippen LogP contribution in [-0.4, -0.2) is 33.8 Å². The molecule has 14 heteroatoms. The zero-order valence-corrected chi connectivity index (χ0v) is 24.1. The fraction of sp³-hybridized carbons (Fsp3) is 0.0769. The Morgan fingerprint density at radius 3 is 1.90 bits per heavy atom. The lowest BCUT2D eigenvalue weighted by Gasteiger charge is -2.13. The molecule has 4 aromatic carbocycles. The Morgan fingerprint density at radius 2 is 1.32 bits per heavy atom. The Hall–Kier alpha value is -3.08. The predicted octanol–water partition coefficient (Wildman–Crippen LogP) is 6.45. The highest BCUT2D eigenvalue weighted by Gasteiger charge is 2.25. The van der Waals surface area contributed by atoms with Crippen LogP contribution in [0.1, 0.15) is 5.56 Å². The Labute approximate surface area is 239 Å². The smallest absolute Gasteiger partial charge is 0.298 e. The second-order valence-corrected chi connectivity index (χ2v) is 13.3. The van der Waals surface area contributed by atoms with Crippen molar-refractivity contribution in [3.8, 4) is 17.2 Å². The summed E-state index contributed by atoms with van der Waals surface area (Å²) >= 11 is 2.08. The van der Waals surface area contributed by atoms with Crippen molar-refractivity contribution in [2.24, 2.45) is 0 Å². The van der Waals surface area contributed by atoms with Gasteiger partial charge >= 0.3 is 0 Å². The lowest BCUT2D eigenvalue weighted by molar-refractivity contribution is -0.432. The van der Waals surface area contributed by atoms with Gasteiger partial charge in [-0.1, -0.05) is 22.9 Å². The van der Waals surface area contributed by atoms with Crippen LogP contribution in [0.25, 0.3) is 0 Å². The maximum Gasteiger partial charge on any atom is 0.298 e. The molecule has 0 aromatic heterocycles. The van der Waals surface area contributed by atoms with Crippen molar-refractivity contribution in [2.75, 3.05) is 7.11 Å². The molecule has 0 aliphatic rings. The van der Waals surface area contributed by atoms with Crippen LogP contribution in [0.3, 0.4) is 0 Å². The largest absolute Gasteiger partial charge is 0.497 e. The fourth-order valence-corrected chi connectivity index (χ4v) is 6.85. The number of hydrogen-bond acceptors (Lipinski definition) is 11. The van der Waals surface area contributed by atoms with Crippen LogP contribution in [0.15, 0.2) is 114 Å². The maximum absolute atomic E-state index is 13.3. The highest BCUT2D eigenvalue weighted by molar-refractivity contribution is 7.99. The minimum atomic E-state index is -4.87. The molecule has 0 bridgehead atoms. The Kier molecular flexibility index (Phi) is 9.43. The summed E-state index contributed by atoms with van der Waals surface area (Å²) in [5, 5.41) is 12.0. The molecule has 0 saturated carbocycles. The summed E-state index contributed by atoms with van der Waals surface area (Å²) in [5.74, 6) is 0.753. The average molecular weight is 623 g/mol. The fourth-order valence-electron chi connectivity index (χ4n) is 3.45. The number of sulfone groups is 1. The van der Waals surface area contributed by atoms with Crippen LogP contribution in [0.5, 0.6) is 17.2 Å². The van der Waals surface area contributed by atoms with Crippen molar-refractivity contribution >= 4 is 43.8 Å².